The molecule has 7 heteroatoms. The fourth-order valence-corrected chi connectivity index (χ4v) is 4.37. The normalized spacial score (nSPS) is 18.5. The third kappa shape index (κ3) is 2.05. The molecule has 0 atom stereocenters. The molecule has 3 aliphatic rings. The van der Waals surface area contributed by atoms with Crippen molar-refractivity contribution >= 4 is 10.9 Å². The molecule has 7 nitrogen and oxygen atoms in total. The third-order valence-electron chi connectivity index (χ3n) is 5.83. The Labute approximate surface area is 160 Å². The van der Waals surface area contributed by atoms with Crippen LogP contribution in [0.25, 0.3) is 22.3 Å². The van der Waals surface area contributed by atoms with Crippen LogP contribution in [0, 0.1) is 6.92 Å². The minimum absolute atomic E-state index is 0.0379. The fraction of sp³-hybridized carbons (Fsp3) is 0.333. The van der Waals surface area contributed by atoms with Gasteiger partial charge in [-0.15, -0.1) is 0 Å². The largest absolute Gasteiger partial charge is 0.454 e. The quantitative estimate of drug-likeness (QED) is 0.507. The van der Waals surface area contributed by atoms with Crippen LogP contribution in [-0.4, -0.2) is 29.6 Å². The van der Waals surface area contributed by atoms with E-state index in [4.69, 9.17) is 23.9 Å². The van der Waals surface area contributed by atoms with Gasteiger partial charge in [-0.1, -0.05) is 0 Å². The molecule has 1 saturated heterocycles. The molecule has 1 fully saturated rings. The molecule has 28 heavy (non-hydrogen) atoms. The van der Waals surface area contributed by atoms with Crippen LogP contribution in [-0.2, 0) is 21.8 Å². The van der Waals surface area contributed by atoms with E-state index in [2.05, 4.69) is 6.07 Å². The molecule has 0 unspecified atom stereocenters. The van der Waals surface area contributed by atoms with Gasteiger partial charge in [0.1, 0.15) is 0 Å². The Morgan fingerprint density at radius 2 is 1.82 bits per heavy atom. The zero-order chi connectivity index (χ0) is 19.0. The first-order chi connectivity index (χ1) is 13.5. The molecule has 5 heterocycles. The van der Waals surface area contributed by atoms with Gasteiger partial charge in [-0.2, -0.15) is 0 Å². The second kappa shape index (κ2) is 5.33. The van der Waals surface area contributed by atoms with Gasteiger partial charge in [0.2, 0.25) is 6.79 Å². The van der Waals surface area contributed by atoms with E-state index < -0.39 is 5.79 Å². The molecule has 2 aromatic heterocycles. The van der Waals surface area contributed by atoms with E-state index in [9.17, 15) is 4.79 Å². The van der Waals surface area contributed by atoms with Crippen molar-refractivity contribution in [3.05, 3.63) is 51.3 Å². The molecule has 3 aliphatic heterocycles. The summed E-state index contributed by atoms with van der Waals surface area (Å²) >= 11 is 0. The van der Waals surface area contributed by atoms with Gasteiger partial charge >= 0.3 is 0 Å². The summed E-state index contributed by atoms with van der Waals surface area (Å²) in [5.74, 6) is 0.522. The van der Waals surface area contributed by atoms with Crippen molar-refractivity contribution in [1.29, 1.82) is 0 Å². The molecule has 1 aromatic carbocycles. The van der Waals surface area contributed by atoms with Gasteiger partial charge in [0.15, 0.2) is 17.3 Å². The Bertz CT molecular complexity index is 1220. The molecule has 3 aromatic rings. The summed E-state index contributed by atoms with van der Waals surface area (Å²) in [7, 11) is 0. The average Bonchev–Trinajstić information content (AvgIpc) is 3.39. The summed E-state index contributed by atoms with van der Waals surface area (Å²) in [6, 6.07) is 7.89. The highest BCUT2D eigenvalue weighted by Crippen LogP contribution is 2.40. The van der Waals surface area contributed by atoms with Crippen molar-refractivity contribution in [3.8, 4) is 22.9 Å². The zero-order valence-electron chi connectivity index (χ0n) is 15.6. The van der Waals surface area contributed by atoms with Crippen molar-refractivity contribution in [2.45, 2.75) is 26.2 Å². The van der Waals surface area contributed by atoms with Crippen molar-refractivity contribution in [2.75, 3.05) is 20.0 Å². The number of fused-ring (bicyclic) bond motifs is 5. The summed E-state index contributed by atoms with van der Waals surface area (Å²) in [4.78, 5) is 17.9. The van der Waals surface area contributed by atoms with Crippen LogP contribution in [0.3, 0.4) is 0 Å². The molecular weight excluding hydrogens is 360 g/mol. The molecule has 0 saturated carbocycles. The third-order valence-corrected chi connectivity index (χ3v) is 5.83. The maximum atomic E-state index is 13.1. The Morgan fingerprint density at radius 3 is 2.61 bits per heavy atom. The monoisotopic (exact) mass is 378 g/mol. The fourth-order valence-electron chi connectivity index (χ4n) is 4.37. The second-order valence-corrected chi connectivity index (χ2v) is 7.50. The predicted molar refractivity (Wildman–Crippen MR) is 101 cm³/mol. The van der Waals surface area contributed by atoms with Crippen molar-refractivity contribution in [2.24, 2.45) is 0 Å². The summed E-state index contributed by atoms with van der Waals surface area (Å²) in [5.41, 5.74) is 4.80. The smallest absolute Gasteiger partial charge is 0.254 e. The summed E-state index contributed by atoms with van der Waals surface area (Å²) < 4.78 is 24.3. The van der Waals surface area contributed by atoms with Crippen molar-refractivity contribution in [3.63, 3.8) is 0 Å². The standard InChI is InChI=1S/C21H18N2O5/c1-11-14(21(2)27-3-4-28-21)7-16-19-13(9-23(16)20(11)24)5-12-6-17-18(26-10-25-17)8-15(12)22-19/h5-8H,3-4,9-10H2,1-2H3. The lowest BCUT2D eigenvalue weighted by Gasteiger charge is -2.25. The number of hydrogen-bond acceptors (Lipinski definition) is 6. The van der Waals surface area contributed by atoms with E-state index in [1.165, 1.54) is 0 Å². The number of pyridine rings is 2. The lowest BCUT2D eigenvalue weighted by atomic mass is 10.0. The predicted octanol–water partition coefficient (Wildman–Crippen LogP) is 2.68. The number of nitrogens with zero attached hydrogens (tertiary/aromatic N) is 2. The van der Waals surface area contributed by atoms with E-state index in [1.807, 2.05) is 32.0 Å². The highest BCUT2D eigenvalue weighted by molar-refractivity contribution is 5.87. The van der Waals surface area contributed by atoms with Crippen LogP contribution >= 0.6 is 0 Å². The molecule has 0 N–H and O–H groups in total. The van der Waals surface area contributed by atoms with Gasteiger partial charge in [0.05, 0.1) is 36.7 Å². The van der Waals surface area contributed by atoms with Gasteiger partial charge in [0, 0.05) is 28.1 Å². The molecule has 0 radical (unpaired) electrons. The van der Waals surface area contributed by atoms with E-state index in [1.54, 1.807) is 4.57 Å². The number of benzene rings is 1. The van der Waals surface area contributed by atoms with Crippen LogP contribution < -0.4 is 15.0 Å². The number of rotatable bonds is 1. The second-order valence-electron chi connectivity index (χ2n) is 7.50. The molecule has 0 spiro atoms. The van der Waals surface area contributed by atoms with Gasteiger partial charge in [-0.05, 0) is 32.0 Å². The van der Waals surface area contributed by atoms with E-state index >= 15 is 0 Å². The first-order valence-corrected chi connectivity index (χ1v) is 9.30. The van der Waals surface area contributed by atoms with Gasteiger partial charge in [-0.3, -0.25) is 4.79 Å². The van der Waals surface area contributed by atoms with Crippen LogP contribution in [0.2, 0.25) is 0 Å². The zero-order valence-corrected chi connectivity index (χ0v) is 15.6. The lowest BCUT2D eigenvalue weighted by Crippen LogP contribution is -2.30. The van der Waals surface area contributed by atoms with E-state index in [0.29, 0.717) is 31.1 Å². The highest BCUT2D eigenvalue weighted by Gasteiger charge is 2.37. The Balaban J connectivity index is 1.58. The summed E-state index contributed by atoms with van der Waals surface area (Å²) in [5, 5.41) is 0.968. The van der Waals surface area contributed by atoms with E-state index in [-0.39, 0.29) is 12.4 Å². The van der Waals surface area contributed by atoms with Crippen molar-refractivity contribution in [1.82, 2.24) is 9.55 Å². The lowest BCUT2D eigenvalue weighted by molar-refractivity contribution is -0.150. The Morgan fingerprint density at radius 1 is 1.07 bits per heavy atom. The minimum atomic E-state index is -0.898. The Kier molecular flexibility index (Phi) is 3.07. The number of ether oxygens (including phenoxy) is 4. The topological polar surface area (TPSA) is 71.8 Å². The van der Waals surface area contributed by atoms with Gasteiger partial charge < -0.3 is 23.5 Å². The molecule has 0 aliphatic carbocycles. The average molecular weight is 378 g/mol. The minimum Gasteiger partial charge on any atom is -0.454 e. The van der Waals surface area contributed by atoms with Crippen LogP contribution in [0.1, 0.15) is 23.6 Å². The van der Waals surface area contributed by atoms with Gasteiger partial charge in [0.25, 0.3) is 5.56 Å². The summed E-state index contributed by atoms with van der Waals surface area (Å²) in [6.45, 7) is 5.45. The highest BCUT2D eigenvalue weighted by atomic mass is 16.7. The Hall–Kier alpha value is -2.90. The molecule has 142 valence electrons. The number of aromatic nitrogens is 2. The van der Waals surface area contributed by atoms with Crippen LogP contribution in [0.5, 0.6) is 11.5 Å². The maximum absolute atomic E-state index is 13.1. The van der Waals surface area contributed by atoms with Gasteiger partial charge in [-0.25, -0.2) is 4.98 Å². The summed E-state index contributed by atoms with van der Waals surface area (Å²) in [6.07, 6.45) is 0. The van der Waals surface area contributed by atoms with Crippen LogP contribution in [0.15, 0.2) is 29.1 Å². The molecule has 0 amide bonds. The first-order valence-electron chi connectivity index (χ1n) is 9.30. The molecular formula is C21H18N2O5. The molecule has 0 bridgehead atoms. The maximum Gasteiger partial charge on any atom is 0.254 e. The number of hydrogen-bond donors (Lipinski definition) is 0. The van der Waals surface area contributed by atoms with Crippen molar-refractivity contribution < 1.29 is 18.9 Å². The SMILES string of the molecule is Cc1c(C2(C)OCCO2)cc2n(c1=O)Cc1cc3cc4c(cc3nc1-2)OCO4. The van der Waals surface area contributed by atoms with E-state index in [0.717, 1.165) is 39.2 Å². The first kappa shape index (κ1) is 16.1. The van der Waals surface area contributed by atoms with Crippen LogP contribution in [0.4, 0.5) is 0 Å². The molecule has 6 rings (SSSR count).